The number of carbonyl (C=O) groups is 1. The topological polar surface area (TPSA) is 73.6 Å². The van der Waals surface area contributed by atoms with Gasteiger partial charge in [0.1, 0.15) is 36.6 Å². The third-order valence-corrected chi connectivity index (χ3v) is 5.78. The van der Waals surface area contributed by atoms with Crippen LogP contribution in [0.25, 0.3) is 11.0 Å². The van der Waals surface area contributed by atoms with Crippen LogP contribution in [-0.2, 0) is 13.2 Å². The number of Topliss-reactive ketones (excluding diaryl/α,β-unsaturated/α-hetero) is 1. The van der Waals surface area contributed by atoms with Crippen molar-refractivity contribution in [1.82, 2.24) is 9.55 Å². The Bertz CT molecular complexity index is 1280. The molecule has 0 bridgehead atoms. The summed E-state index contributed by atoms with van der Waals surface area (Å²) < 4.78 is 13.9. The average Bonchev–Trinajstić information content (AvgIpc) is 3.14. The Morgan fingerprint density at radius 2 is 1.68 bits per heavy atom. The van der Waals surface area contributed by atoms with Crippen molar-refractivity contribution in [3.8, 4) is 11.5 Å². The number of aliphatic hydroxyl groups is 1. The van der Waals surface area contributed by atoms with Crippen LogP contribution < -0.4 is 9.47 Å². The van der Waals surface area contributed by atoms with E-state index >= 15 is 0 Å². The summed E-state index contributed by atoms with van der Waals surface area (Å²) in [6.45, 7) is 8.41. The molecule has 0 fully saturated rings. The zero-order valence-electron chi connectivity index (χ0n) is 20.0. The lowest BCUT2D eigenvalue weighted by atomic mass is 10.1. The fraction of sp³-hybridized carbons (Fsp3) is 0.286. The molecule has 0 amide bonds. The van der Waals surface area contributed by atoms with Gasteiger partial charge >= 0.3 is 0 Å². The third kappa shape index (κ3) is 5.29. The Labute approximate surface area is 199 Å². The summed E-state index contributed by atoms with van der Waals surface area (Å²) in [5, 5.41) is 10.7. The quantitative estimate of drug-likeness (QED) is 0.350. The minimum absolute atomic E-state index is 0.00402. The van der Waals surface area contributed by atoms with Crippen molar-refractivity contribution < 1.29 is 19.4 Å². The molecule has 4 aromatic rings. The van der Waals surface area contributed by atoms with Crippen LogP contribution in [0.5, 0.6) is 11.5 Å². The zero-order valence-corrected chi connectivity index (χ0v) is 20.0. The summed E-state index contributed by atoms with van der Waals surface area (Å²) in [5.74, 6) is 2.21. The van der Waals surface area contributed by atoms with E-state index in [1.54, 1.807) is 24.3 Å². The van der Waals surface area contributed by atoms with Crippen molar-refractivity contribution >= 4 is 16.8 Å². The van der Waals surface area contributed by atoms with Crippen LogP contribution in [0.4, 0.5) is 0 Å². The zero-order chi connectivity index (χ0) is 24.2. The molecule has 0 saturated heterocycles. The highest BCUT2D eigenvalue weighted by Crippen LogP contribution is 2.26. The van der Waals surface area contributed by atoms with E-state index in [-0.39, 0.29) is 12.4 Å². The van der Waals surface area contributed by atoms with E-state index in [1.165, 1.54) is 12.5 Å². The number of benzene rings is 3. The summed E-state index contributed by atoms with van der Waals surface area (Å²) in [6, 6.07) is 19.0. The number of imidazole rings is 1. The Hall–Kier alpha value is -3.64. The van der Waals surface area contributed by atoms with Gasteiger partial charge in [-0.3, -0.25) is 4.79 Å². The lowest BCUT2D eigenvalue weighted by molar-refractivity contribution is 0.0916. The first-order valence-electron chi connectivity index (χ1n) is 11.4. The summed E-state index contributed by atoms with van der Waals surface area (Å²) in [5.41, 5.74) is 5.79. The molecule has 6 nitrogen and oxygen atoms in total. The van der Waals surface area contributed by atoms with E-state index in [0.717, 1.165) is 33.7 Å². The molecular formula is C28H30N2O4. The molecule has 0 spiro atoms. The number of aromatic nitrogens is 2. The Morgan fingerprint density at radius 3 is 2.35 bits per heavy atom. The van der Waals surface area contributed by atoms with Crippen LogP contribution in [0.1, 0.15) is 39.8 Å². The van der Waals surface area contributed by atoms with E-state index in [2.05, 4.69) is 19.1 Å². The lowest BCUT2D eigenvalue weighted by Gasteiger charge is -2.17. The first-order chi connectivity index (χ1) is 16.3. The first kappa shape index (κ1) is 23.5. The number of hydrogen-bond donors (Lipinski definition) is 1. The van der Waals surface area contributed by atoms with Crippen molar-refractivity contribution in [3.05, 3.63) is 88.7 Å². The largest absolute Gasteiger partial charge is 0.491 e. The van der Waals surface area contributed by atoms with Crippen molar-refractivity contribution in [2.24, 2.45) is 0 Å². The molecule has 1 aromatic heterocycles. The van der Waals surface area contributed by atoms with Gasteiger partial charge in [0, 0.05) is 5.56 Å². The number of nitrogens with zero attached hydrogens (tertiary/aromatic N) is 2. The van der Waals surface area contributed by atoms with Gasteiger partial charge in [-0.2, -0.15) is 0 Å². The standard InChI is InChI=1S/C28H30N2O4/c1-18-13-19(2)28(20(3)14-18)34-17-27-29-25-7-5-6-8-26(25)30(27)15-23(32)16-33-24-11-9-22(10-12-24)21(4)31/h5-14,23,32H,15-17H2,1-4H3. The molecule has 0 radical (unpaired) electrons. The van der Waals surface area contributed by atoms with Crippen LogP contribution in [0.3, 0.4) is 0 Å². The van der Waals surface area contributed by atoms with Crippen molar-refractivity contribution in [1.29, 1.82) is 0 Å². The number of para-hydroxylation sites is 2. The molecule has 1 atom stereocenters. The summed E-state index contributed by atoms with van der Waals surface area (Å²) in [4.78, 5) is 16.2. The highest BCUT2D eigenvalue weighted by atomic mass is 16.5. The number of carbonyl (C=O) groups excluding carboxylic acids is 1. The molecular weight excluding hydrogens is 428 g/mol. The van der Waals surface area contributed by atoms with Crippen molar-refractivity contribution in [2.75, 3.05) is 6.61 Å². The number of aryl methyl sites for hydroxylation is 3. The highest BCUT2D eigenvalue weighted by Gasteiger charge is 2.16. The molecule has 1 unspecified atom stereocenters. The minimum Gasteiger partial charge on any atom is -0.491 e. The van der Waals surface area contributed by atoms with Crippen LogP contribution in [0.15, 0.2) is 60.7 Å². The lowest BCUT2D eigenvalue weighted by Crippen LogP contribution is -2.25. The van der Waals surface area contributed by atoms with Crippen LogP contribution in [-0.4, -0.2) is 33.2 Å². The molecule has 176 valence electrons. The van der Waals surface area contributed by atoms with Gasteiger partial charge in [-0.05, 0) is 75.2 Å². The van der Waals surface area contributed by atoms with Crippen LogP contribution in [0.2, 0.25) is 0 Å². The number of aliphatic hydroxyl groups excluding tert-OH is 1. The molecule has 0 aliphatic heterocycles. The molecule has 34 heavy (non-hydrogen) atoms. The monoisotopic (exact) mass is 458 g/mol. The van der Waals surface area contributed by atoms with Crippen LogP contribution in [0, 0.1) is 20.8 Å². The van der Waals surface area contributed by atoms with Gasteiger partial charge in [-0.15, -0.1) is 0 Å². The second-order valence-corrected chi connectivity index (χ2v) is 8.69. The molecule has 0 saturated carbocycles. The van der Waals surface area contributed by atoms with Crippen molar-refractivity contribution in [3.63, 3.8) is 0 Å². The number of rotatable bonds is 9. The molecule has 1 heterocycles. The number of ether oxygens (including phenoxy) is 2. The molecule has 0 aliphatic carbocycles. The maximum absolute atomic E-state index is 11.4. The predicted octanol–water partition coefficient (Wildman–Crippen LogP) is 5.18. The first-order valence-corrected chi connectivity index (χ1v) is 11.4. The smallest absolute Gasteiger partial charge is 0.159 e. The van der Waals surface area contributed by atoms with Gasteiger partial charge < -0.3 is 19.1 Å². The third-order valence-electron chi connectivity index (χ3n) is 5.78. The van der Waals surface area contributed by atoms with Crippen molar-refractivity contribution in [2.45, 2.75) is 47.0 Å². The number of hydrogen-bond acceptors (Lipinski definition) is 5. The summed E-state index contributed by atoms with van der Waals surface area (Å²) >= 11 is 0. The Morgan fingerprint density at radius 1 is 1.00 bits per heavy atom. The Kier molecular flexibility index (Phi) is 6.98. The molecule has 6 heteroatoms. The van der Waals surface area contributed by atoms with Gasteiger partial charge in [-0.1, -0.05) is 29.8 Å². The van der Waals surface area contributed by atoms with Gasteiger partial charge in [0.25, 0.3) is 0 Å². The summed E-state index contributed by atoms with van der Waals surface area (Å²) in [6.07, 6.45) is -0.758. The normalized spacial score (nSPS) is 12.0. The fourth-order valence-corrected chi connectivity index (χ4v) is 4.21. The van der Waals surface area contributed by atoms with Crippen LogP contribution >= 0.6 is 0 Å². The van der Waals surface area contributed by atoms with Gasteiger partial charge in [-0.25, -0.2) is 4.98 Å². The predicted molar refractivity (Wildman–Crippen MR) is 133 cm³/mol. The van der Waals surface area contributed by atoms with E-state index in [9.17, 15) is 9.90 Å². The second-order valence-electron chi connectivity index (χ2n) is 8.69. The maximum atomic E-state index is 11.4. The van der Waals surface area contributed by atoms with E-state index in [4.69, 9.17) is 14.5 Å². The fourth-order valence-electron chi connectivity index (χ4n) is 4.21. The van der Waals surface area contributed by atoms with Gasteiger partial charge in [0.15, 0.2) is 5.78 Å². The van der Waals surface area contributed by atoms with E-state index in [0.29, 0.717) is 24.5 Å². The van der Waals surface area contributed by atoms with E-state index < -0.39 is 6.10 Å². The molecule has 4 rings (SSSR count). The van der Waals surface area contributed by atoms with E-state index in [1.807, 2.05) is 42.7 Å². The van der Waals surface area contributed by atoms with Gasteiger partial charge in [0.2, 0.25) is 0 Å². The summed E-state index contributed by atoms with van der Waals surface area (Å²) in [7, 11) is 0. The maximum Gasteiger partial charge on any atom is 0.159 e. The molecule has 3 aromatic carbocycles. The van der Waals surface area contributed by atoms with Gasteiger partial charge in [0.05, 0.1) is 17.6 Å². The highest BCUT2D eigenvalue weighted by molar-refractivity contribution is 5.94. The second kappa shape index (κ2) is 10.1. The molecule has 0 aliphatic rings. The minimum atomic E-state index is -0.758. The molecule has 1 N–H and O–H groups in total. The SMILES string of the molecule is CC(=O)c1ccc(OCC(O)Cn2c(COc3c(C)cc(C)cc3C)nc3ccccc32)cc1. The number of ketones is 1. The average molecular weight is 459 g/mol. The Balaban J connectivity index is 1.49. The number of fused-ring (bicyclic) bond motifs is 1.